The van der Waals surface area contributed by atoms with Crippen LogP contribution in [-0.2, 0) is 6.54 Å². The van der Waals surface area contributed by atoms with Gasteiger partial charge in [0.1, 0.15) is 5.75 Å². The van der Waals surface area contributed by atoms with Gasteiger partial charge in [0.05, 0.1) is 6.61 Å². The van der Waals surface area contributed by atoms with Crippen LogP contribution < -0.4 is 24.8 Å². The number of nitrogens with one attached hydrogen (secondary N) is 2. The molecule has 2 aromatic carbocycles. The second kappa shape index (κ2) is 8.82. The highest BCUT2D eigenvalue weighted by atomic mass is 16.7. The van der Waals surface area contributed by atoms with Gasteiger partial charge in [-0.25, -0.2) is 0 Å². The van der Waals surface area contributed by atoms with E-state index in [0.717, 1.165) is 41.7 Å². The molecule has 2 aromatic rings. The van der Waals surface area contributed by atoms with Crippen molar-refractivity contribution in [3.8, 4) is 17.2 Å². The summed E-state index contributed by atoms with van der Waals surface area (Å²) in [5, 5.41) is 6.57. The van der Waals surface area contributed by atoms with Gasteiger partial charge in [-0.2, -0.15) is 0 Å². The molecule has 1 aliphatic heterocycles. The van der Waals surface area contributed by atoms with Gasteiger partial charge in [-0.1, -0.05) is 24.3 Å². The molecule has 6 nitrogen and oxygen atoms in total. The molecule has 0 spiro atoms. The molecule has 0 saturated carbocycles. The number of ether oxygens (including phenoxy) is 3. The predicted octanol–water partition coefficient (Wildman–Crippen LogP) is 2.55. The minimum Gasteiger partial charge on any atom is -0.494 e. The molecule has 0 saturated heterocycles. The Labute approximate surface area is 147 Å². The van der Waals surface area contributed by atoms with Crippen molar-refractivity contribution in [3.63, 3.8) is 0 Å². The minimum atomic E-state index is 0.292. The maximum Gasteiger partial charge on any atom is 0.231 e. The van der Waals surface area contributed by atoms with Crippen molar-refractivity contribution in [2.75, 3.05) is 27.0 Å². The summed E-state index contributed by atoms with van der Waals surface area (Å²) in [6, 6.07) is 15.8. The molecule has 132 valence electrons. The lowest BCUT2D eigenvalue weighted by Crippen LogP contribution is -2.37. The molecule has 1 heterocycles. The number of guanidine groups is 1. The van der Waals surface area contributed by atoms with E-state index in [1.54, 1.807) is 7.05 Å². The van der Waals surface area contributed by atoms with Gasteiger partial charge in [-0.3, -0.25) is 4.99 Å². The van der Waals surface area contributed by atoms with Crippen molar-refractivity contribution in [1.29, 1.82) is 0 Å². The second-order valence-electron chi connectivity index (χ2n) is 5.56. The smallest absolute Gasteiger partial charge is 0.231 e. The highest BCUT2D eigenvalue weighted by Crippen LogP contribution is 2.32. The van der Waals surface area contributed by atoms with Gasteiger partial charge in [-0.15, -0.1) is 0 Å². The number of rotatable bonds is 7. The fraction of sp³-hybridized carbons (Fsp3) is 0.316. The summed E-state index contributed by atoms with van der Waals surface area (Å²) in [5.41, 5.74) is 1.11. The monoisotopic (exact) mass is 341 g/mol. The summed E-state index contributed by atoms with van der Waals surface area (Å²) in [5.74, 6) is 3.25. The molecule has 0 radical (unpaired) electrons. The van der Waals surface area contributed by atoms with Crippen molar-refractivity contribution in [3.05, 3.63) is 54.1 Å². The van der Waals surface area contributed by atoms with Crippen LogP contribution in [0.5, 0.6) is 17.2 Å². The van der Waals surface area contributed by atoms with E-state index < -0.39 is 0 Å². The summed E-state index contributed by atoms with van der Waals surface area (Å²) in [6.07, 6.45) is 0.889. The molecule has 3 rings (SSSR count). The van der Waals surface area contributed by atoms with Crippen LogP contribution in [0.4, 0.5) is 0 Å². The average Bonchev–Trinajstić information content (AvgIpc) is 3.12. The second-order valence-corrected chi connectivity index (χ2v) is 5.56. The van der Waals surface area contributed by atoms with E-state index in [4.69, 9.17) is 14.2 Å². The Hall–Kier alpha value is -2.89. The van der Waals surface area contributed by atoms with Crippen LogP contribution in [0.1, 0.15) is 12.0 Å². The number of benzene rings is 2. The average molecular weight is 341 g/mol. The lowest BCUT2D eigenvalue weighted by atomic mass is 10.2. The summed E-state index contributed by atoms with van der Waals surface area (Å²) in [4.78, 5) is 4.23. The Balaban J connectivity index is 1.35. The van der Waals surface area contributed by atoms with Gasteiger partial charge < -0.3 is 24.8 Å². The Morgan fingerprint density at radius 1 is 1.08 bits per heavy atom. The molecule has 2 N–H and O–H groups in total. The molecule has 0 aromatic heterocycles. The number of nitrogens with zero attached hydrogens (tertiary/aromatic N) is 1. The minimum absolute atomic E-state index is 0.292. The van der Waals surface area contributed by atoms with Crippen LogP contribution >= 0.6 is 0 Å². The third-order valence-corrected chi connectivity index (χ3v) is 3.75. The first-order valence-corrected chi connectivity index (χ1v) is 8.36. The maximum atomic E-state index is 5.67. The lowest BCUT2D eigenvalue weighted by molar-refractivity contribution is 0.174. The molecule has 0 fully saturated rings. The number of fused-ring (bicyclic) bond motifs is 1. The van der Waals surface area contributed by atoms with Crippen LogP contribution in [-0.4, -0.2) is 33.0 Å². The van der Waals surface area contributed by atoms with Crippen molar-refractivity contribution in [1.82, 2.24) is 10.6 Å². The molecule has 1 aliphatic rings. The zero-order valence-electron chi connectivity index (χ0n) is 14.3. The fourth-order valence-electron chi connectivity index (χ4n) is 2.44. The summed E-state index contributed by atoms with van der Waals surface area (Å²) < 4.78 is 16.4. The normalized spacial score (nSPS) is 12.8. The molecule has 6 heteroatoms. The molecule has 25 heavy (non-hydrogen) atoms. The molecule has 0 amide bonds. The molecule has 0 unspecified atom stereocenters. The van der Waals surface area contributed by atoms with Crippen molar-refractivity contribution < 1.29 is 14.2 Å². The topological polar surface area (TPSA) is 64.1 Å². The van der Waals surface area contributed by atoms with E-state index in [2.05, 4.69) is 15.6 Å². The van der Waals surface area contributed by atoms with Gasteiger partial charge in [0.15, 0.2) is 17.5 Å². The number of hydrogen-bond donors (Lipinski definition) is 2. The Morgan fingerprint density at radius 2 is 1.92 bits per heavy atom. The van der Waals surface area contributed by atoms with Gasteiger partial charge >= 0.3 is 0 Å². The van der Waals surface area contributed by atoms with Gasteiger partial charge in [0.25, 0.3) is 0 Å². The summed E-state index contributed by atoms with van der Waals surface area (Å²) in [6.45, 7) is 2.40. The fourth-order valence-corrected chi connectivity index (χ4v) is 2.44. The van der Waals surface area contributed by atoms with Gasteiger partial charge in [0, 0.05) is 20.1 Å². The van der Waals surface area contributed by atoms with Crippen molar-refractivity contribution in [2.45, 2.75) is 13.0 Å². The highest BCUT2D eigenvalue weighted by Gasteiger charge is 2.13. The van der Waals surface area contributed by atoms with Crippen LogP contribution in [0.3, 0.4) is 0 Å². The van der Waals surface area contributed by atoms with Crippen LogP contribution in [0.25, 0.3) is 0 Å². The van der Waals surface area contributed by atoms with Crippen molar-refractivity contribution in [2.24, 2.45) is 4.99 Å². The first-order valence-electron chi connectivity index (χ1n) is 8.36. The predicted molar refractivity (Wildman–Crippen MR) is 97.3 cm³/mol. The number of para-hydroxylation sites is 1. The van der Waals surface area contributed by atoms with E-state index in [-0.39, 0.29) is 0 Å². The Morgan fingerprint density at radius 3 is 2.76 bits per heavy atom. The van der Waals surface area contributed by atoms with E-state index in [0.29, 0.717) is 19.9 Å². The van der Waals surface area contributed by atoms with E-state index >= 15 is 0 Å². The zero-order chi connectivity index (χ0) is 17.3. The van der Waals surface area contributed by atoms with Crippen LogP contribution in [0, 0.1) is 0 Å². The lowest BCUT2D eigenvalue weighted by Gasteiger charge is -2.12. The maximum absolute atomic E-state index is 5.67. The number of aliphatic imine (C=N–C) groups is 1. The van der Waals surface area contributed by atoms with E-state index in [9.17, 15) is 0 Å². The molecule has 0 bridgehead atoms. The third-order valence-electron chi connectivity index (χ3n) is 3.75. The van der Waals surface area contributed by atoms with Gasteiger partial charge in [0.2, 0.25) is 6.79 Å². The van der Waals surface area contributed by atoms with Crippen molar-refractivity contribution >= 4 is 5.96 Å². The Kier molecular flexibility index (Phi) is 5.98. The first kappa shape index (κ1) is 17.0. The van der Waals surface area contributed by atoms with E-state index in [1.807, 2.05) is 48.5 Å². The molecule has 0 atom stereocenters. The van der Waals surface area contributed by atoms with Gasteiger partial charge in [-0.05, 0) is 36.2 Å². The standard InChI is InChI=1S/C19H23N3O3/c1-20-19(21-10-5-11-23-16-6-3-2-4-7-16)22-13-15-8-9-17-18(12-15)25-14-24-17/h2-4,6-9,12H,5,10-11,13-14H2,1H3,(H2,20,21,22). The first-order chi connectivity index (χ1) is 12.3. The highest BCUT2D eigenvalue weighted by molar-refractivity contribution is 5.79. The number of hydrogen-bond acceptors (Lipinski definition) is 4. The largest absolute Gasteiger partial charge is 0.494 e. The third kappa shape index (κ3) is 5.04. The van der Waals surface area contributed by atoms with Crippen LogP contribution in [0.15, 0.2) is 53.5 Å². The quantitative estimate of drug-likeness (QED) is 0.460. The SMILES string of the molecule is CN=C(NCCCOc1ccccc1)NCc1ccc2c(c1)OCO2. The molecular weight excluding hydrogens is 318 g/mol. The molecular formula is C19H23N3O3. The van der Waals surface area contributed by atoms with E-state index in [1.165, 1.54) is 0 Å². The zero-order valence-corrected chi connectivity index (χ0v) is 14.3. The van der Waals surface area contributed by atoms with Crippen LogP contribution in [0.2, 0.25) is 0 Å². The molecule has 0 aliphatic carbocycles. The summed E-state index contributed by atoms with van der Waals surface area (Å²) in [7, 11) is 1.76. The Bertz CT molecular complexity index is 704. The summed E-state index contributed by atoms with van der Waals surface area (Å²) >= 11 is 0.